The summed E-state index contributed by atoms with van der Waals surface area (Å²) in [6.07, 6.45) is 3.06. The van der Waals surface area contributed by atoms with E-state index in [0.717, 1.165) is 56.2 Å². The molecule has 0 spiro atoms. The molecule has 23 heavy (non-hydrogen) atoms. The molecule has 0 amide bonds. The third kappa shape index (κ3) is 2.21. The molecule has 1 aromatic rings. The summed E-state index contributed by atoms with van der Waals surface area (Å²) >= 11 is 0. The van der Waals surface area contributed by atoms with E-state index in [4.69, 9.17) is 13.0 Å². The van der Waals surface area contributed by atoms with E-state index in [-0.39, 0.29) is 0 Å². The molecule has 2 unspecified atom stereocenters. The Kier molecular flexibility index (Phi) is 3.28. The molecular formula is C19H28BN2O+. The number of aromatic nitrogens is 1. The molecular weight excluding hydrogens is 283 g/mol. The second-order valence-electron chi connectivity index (χ2n) is 8.68. The van der Waals surface area contributed by atoms with Crippen molar-refractivity contribution in [1.82, 2.24) is 4.98 Å². The predicted molar refractivity (Wildman–Crippen MR) is 92.2 cm³/mol. The average molecular weight is 311 g/mol. The zero-order valence-electron chi connectivity index (χ0n) is 14.9. The van der Waals surface area contributed by atoms with Crippen molar-refractivity contribution in [2.45, 2.75) is 52.6 Å². The first kappa shape index (κ1) is 15.7. The Labute approximate surface area is 141 Å². The maximum absolute atomic E-state index is 11.7. The van der Waals surface area contributed by atoms with E-state index in [1.54, 1.807) is 0 Å². The van der Waals surface area contributed by atoms with E-state index in [2.05, 4.69) is 27.7 Å². The number of aryl methyl sites for hydroxylation is 2. The number of hydrogen-bond acceptors (Lipinski definition) is 2. The van der Waals surface area contributed by atoms with Crippen LogP contribution in [-0.2, 0) is 6.42 Å². The summed E-state index contributed by atoms with van der Waals surface area (Å²) in [5.74, 6) is 1.41. The molecule has 122 valence electrons. The van der Waals surface area contributed by atoms with E-state index >= 15 is 0 Å². The maximum Gasteiger partial charge on any atom is 0.481 e. The van der Waals surface area contributed by atoms with Crippen LogP contribution in [0, 0.1) is 45.4 Å². The van der Waals surface area contributed by atoms with Gasteiger partial charge in [-0.25, -0.2) is 0 Å². The van der Waals surface area contributed by atoms with Gasteiger partial charge in [-0.1, -0.05) is 0 Å². The lowest BCUT2D eigenvalue weighted by atomic mass is 9.55. The van der Waals surface area contributed by atoms with Gasteiger partial charge < -0.3 is 9.50 Å². The molecule has 5 rings (SSSR count). The van der Waals surface area contributed by atoms with Gasteiger partial charge in [0.1, 0.15) is 0 Å². The molecule has 1 aromatic heterocycles. The molecule has 4 heteroatoms. The molecule has 1 aliphatic carbocycles. The average Bonchev–Trinajstić information content (AvgIpc) is 2.46. The Morgan fingerprint density at radius 1 is 1.04 bits per heavy atom. The zero-order chi connectivity index (χ0) is 16.6. The molecule has 2 radical (unpaired) electrons. The van der Waals surface area contributed by atoms with Crippen LogP contribution in [0.1, 0.15) is 40.9 Å². The smallest absolute Gasteiger partial charge is 0.396 e. The van der Waals surface area contributed by atoms with Gasteiger partial charge in [0, 0.05) is 35.6 Å². The van der Waals surface area contributed by atoms with Gasteiger partial charge in [0.15, 0.2) is 0 Å². The minimum Gasteiger partial charge on any atom is -0.396 e. The highest BCUT2D eigenvalue weighted by molar-refractivity contribution is 5.97. The number of piperidine rings is 3. The fourth-order valence-electron chi connectivity index (χ4n) is 5.88. The van der Waals surface area contributed by atoms with Crippen LogP contribution in [0.3, 0.4) is 0 Å². The zero-order valence-corrected chi connectivity index (χ0v) is 14.9. The largest absolute Gasteiger partial charge is 0.481 e. The Morgan fingerprint density at radius 3 is 2.22 bits per heavy atom. The molecule has 1 N–H and O–H groups in total. The van der Waals surface area contributed by atoms with Gasteiger partial charge in [-0.15, -0.1) is 0 Å². The highest BCUT2D eigenvalue weighted by Gasteiger charge is 2.61. The lowest BCUT2D eigenvalue weighted by molar-refractivity contribution is -0.855. The SMILES string of the molecule is [B][N+]12CC3CC(C1)C(O)(Cc1c(C)nc(C)c(C)c1C)C(C3)C2. The molecule has 4 bridgehead atoms. The van der Waals surface area contributed by atoms with Gasteiger partial charge in [-0.05, 0) is 57.2 Å². The number of hydrogen-bond donors (Lipinski definition) is 1. The molecule has 2 atom stereocenters. The van der Waals surface area contributed by atoms with Crippen molar-refractivity contribution < 1.29 is 9.50 Å². The summed E-state index contributed by atoms with van der Waals surface area (Å²) in [5.41, 5.74) is 5.46. The van der Waals surface area contributed by atoms with Crippen molar-refractivity contribution in [3.8, 4) is 0 Å². The standard InChI is InChI=1S/C19H28BN2O/c1-11-12(2)18(14(4)21-13(11)3)7-19(23)16-5-15-6-17(19)10-22(20,8-15)9-16/h15-17,23H,5-10H2,1-4H3/q+1. The summed E-state index contributed by atoms with van der Waals surface area (Å²) < 4.78 is 0.700. The number of rotatable bonds is 2. The third-order valence-electron chi connectivity index (χ3n) is 7.23. The lowest BCUT2D eigenvalue weighted by Crippen LogP contribution is -2.74. The van der Waals surface area contributed by atoms with Crippen LogP contribution in [0.5, 0.6) is 0 Å². The van der Waals surface area contributed by atoms with Crippen LogP contribution < -0.4 is 0 Å². The molecule has 4 heterocycles. The lowest BCUT2D eigenvalue weighted by Gasteiger charge is -2.63. The van der Waals surface area contributed by atoms with Crippen LogP contribution >= 0.6 is 0 Å². The number of quaternary nitrogens is 1. The molecule has 4 fully saturated rings. The normalized spacial score (nSPS) is 41.5. The Balaban J connectivity index is 1.71. The van der Waals surface area contributed by atoms with E-state index in [9.17, 15) is 5.11 Å². The van der Waals surface area contributed by atoms with Crippen molar-refractivity contribution in [1.29, 1.82) is 0 Å². The van der Waals surface area contributed by atoms with E-state index < -0.39 is 5.60 Å². The molecule has 0 aromatic carbocycles. The summed E-state index contributed by atoms with van der Waals surface area (Å²) in [6, 6.07) is 0. The highest BCUT2D eigenvalue weighted by atomic mass is 16.3. The summed E-state index contributed by atoms with van der Waals surface area (Å²) in [7, 11) is 6.55. The topological polar surface area (TPSA) is 33.1 Å². The first-order valence-corrected chi connectivity index (χ1v) is 9.02. The molecule has 3 aliphatic heterocycles. The summed E-state index contributed by atoms with van der Waals surface area (Å²) in [6.45, 7) is 11.5. The van der Waals surface area contributed by atoms with E-state index in [1.807, 2.05) is 0 Å². The predicted octanol–water partition coefficient (Wildman–Crippen LogP) is 2.16. The van der Waals surface area contributed by atoms with Gasteiger partial charge in [-0.3, -0.25) is 4.98 Å². The van der Waals surface area contributed by atoms with Gasteiger partial charge in [-0.2, -0.15) is 0 Å². The second kappa shape index (κ2) is 4.83. The van der Waals surface area contributed by atoms with Crippen molar-refractivity contribution in [2.75, 3.05) is 19.6 Å². The number of nitrogens with zero attached hydrogens (tertiary/aromatic N) is 2. The van der Waals surface area contributed by atoms with Crippen LogP contribution in [0.2, 0.25) is 0 Å². The molecule has 4 aliphatic rings. The summed E-state index contributed by atoms with van der Waals surface area (Å²) in [4.78, 5) is 4.72. The molecule has 3 saturated heterocycles. The third-order valence-corrected chi connectivity index (χ3v) is 7.23. The van der Waals surface area contributed by atoms with E-state index in [1.165, 1.54) is 16.7 Å². The Bertz CT molecular complexity index is 656. The van der Waals surface area contributed by atoms with Gasteiger partial charge >= 0.3 is 7.98 Å². The van der Waals surface area contributed by atoms with Gasteiger partial charge in [0.25, 0.3) is 0 Å². The monoisotopic (exact) mass is 311 g/mol. The molecule has 3 nitrogen and oxygen atoms in total. The van der Waals surface area contributed by atoms with Crippen molar-refractivity contribution in [3.05, 3.63) is 28.1 Å². The number of pyridine rings is 1. The minimum atomic E-state index is -0.586. The second-order valence-corrected chi connectivity index (χ2v) is 8.68. The minimum absolute atomic E-state index is 0.346. The summed E-state index contributed by atoms with van der Waals surface area (Å²) in [5, 5.41) is 11.7. The van der Waals surface area contributed by atoms with Crippen molar-refractivity contribution in [2.24, 2.45) is 17.8 Å². The first-order chi connectivity index (χ1) is 10.7. The van der Waals surface area contributed by atoms with Crippen LogP contribution in [0.4, 0.5) is 0 Å². The highest BCUT2D eigenvalue weighted by Crippen LogP contribution is 2.53. The van der Waals surface area contributed by atoms with Gasteiger partial charge in [0.05, 0.1) is 25.2 Å². The van der Waals surface area contributed by atoms with Crippen molar-refractivity contribution >= 4 is 7.98 Å². The first-order valence-electron chi connectivity index (χ1n) is 9.02. The number of aliphatic hydroxyl groups is 1. The Hall–Kier alpha value is -0.865. The van der Waals surface area contributed by atoms with Gasteiger partial charge in [0.2, 0.25) is 0 Å². The van der Waals surface area contributed by atoms with E-state index in [0.29, 0.717) is 16.2 Å². The van der Waals surface area contributed by atoms with Crippen LogP contribution in [0.25, 0.3) is 0 Å². The fourth-order valence-corrected chi connectivity index (χ4v) is 5.88. The van der Waals surface area contributed by atoms with Crippen LogP contribution in [-0.4, -0.2) is 47.7 Å². The maximum atomic E-state index is 11.7. The quantitative estimate of drug-likeness (QED) is 0.849. The fraction of sp³-hybridized carbons (Fsp3) is 0.737. The molecule has 1 saturated carbocycles. The van der Waals surface area contributed by atoms with Crippen molar-refractivity contribution in [3.63, 3.8) is 0 Å². The Morgan fingerprint density at radius 2 is 1.65 bits per heavy atom. The van der Waals surface area contributed by atoms with Crippen LogP contribution in [0.15, 0.2) is 0 Å².